The Bertz CT molecular complexity index is 585. The lowest BCUT2D eigenvalue weighted by molar-refractivity contribution is 0.518. The minimum Gasteiger partial charge on any atom is -0.467 e. The molecule has 5 nitrogen and oxygen atoms in total. The molecule has 16 heavy (non-hydrogen) atoms. The third-order valence-electron chi connectivity index (χ3n) is 2.33. The van der Waals surface area contributed by atoms with E-state index in [1.807, 2.05) is 24.4 Å². The quantitative estimate of drug-likeness (QED) is 0.723. The van der Waals surface area contributed by atoms with Gasteiger partial charge in [0.1, 0.15) is 11.3 Å². The standard InChI is InChI=1S/C11H10N4O/c1-2-9(16-7-1)8-13-11-10-3-4-14-15(10)6-5-12-11/h1-7H,8H2,(H,12,13). The van der Waals surface area contributed by atoms with E-state index in [0.29, 0.717) is 6.54 Å². The number of nitrogens with zero attached hydrogens (tertiary/aromatic N) is 3. The van der Waals surface area contributed by atoms with Gasteiger partial charge in [-0.2, -0.15) is 5.10 Å². The van der Waals surface area contributed by atoms with Gasteiger partial charge < -0.3 is 9.73 Å². The zero-order valence-electron chi connectivity index (χ0n) is 8.50. The van der Waals surface area contributed by atoms with Gasteiger partial charge in [-0.3, -0.25) is 0 Å². The third kappa shape index (κ3) is 1.52. The predicted molar refractivity (Wildman–Crippen MR) is 59.0 cm³/mol. The Morgan fingerprint density at radius 1 is 1.31 bits per heavy atom. The second-order valence-electron chi connectivity index (χ2n) is 3.37. The van der Waals surface area contributed by atoms with Crippen LogP contribution in [0.2, 0.25) is 0 Å². The van der Waals surface area contributed by atoms with E-state index in [0.717, 1.165) is 17.1 Å². The molecule has 0 saturated heterocycles. The maximum atomic E-state index is 5.24. The SMILES string of the molecule is c1coc(CNc2nccn3nccc23)c1. The van der Waals surface area contributed by atoms with E-state index in [9.17, 15) is 0 Å². The van der Waals surface area contributed by atoms with Gasteiger partial charge in [-0.05, 0) is 18.2 Å². The first-order valence-electron chi connectivity index (χ1n) is 4.98. The first-order valence-corrected chi connectivity index (χ1v) is 4.98. The molecule has 3 aromatic heterocycles. The van der Waals surface area contributed by atoms with Gasteiger partial charge in [0.25, 0.3) is 0 Å². The molecule has 3 heterocycles. The Labute approximate surface area is 91.7 Å². The number of aromatic nitrogens is 3. The van der Waals surface area contributed by atoms with Crippen molar-refractivity contribution < 1.29 is 4.42 Å². The van der Waals surface area contributed by atoms with Crippen molar-refractivity contribution in [2.24, 2.45) is 0 Å². The average molecular weight is 214 g/mol. The first-order chi connectivity index (χ1) is 7.93. The Morgan fingerprint density at radius 3 is 3.19 bits per heavy atom. The number of anilines is 1. The molecular formula is C11H10N4O. The van der Waals surface area contributed by atoms with Crippen molar-refractivity contribution in [3.05, 3.63) is 48.8 Å². The Balaban J connectivity index is 1.86. The van der Waals surface area contributed by atoms with Crippen LogP contribution in [0.3, 0.4) is 0 Å². The zero-order valence-corrected chi connectivity index (χ0v) is 8.50. The van der Waals surface area contributed by atoms with E-state index in [1.165, 1.54) is 0 Å². The van der Waals surface area contributed by atoms with E-state index in [4.69, 9.17) is 4.42 Å². The van der Waals surface area contributed by atoms with Crippen LogP contribution in [0.15, 0.2) is 47.5 Å². The summed E-state index contributed by atoms with van der Waals surface area (Å²) in [6.07, 6.45) is 6.93. The van der Waals surface area contributed by atoms with Gasteiger partial charge >= 0.3 is 0 Å². The lowest BCUT2D eigenvalue weighted by Crippen LogP contribution is -2.02. The molecule has 0 atom stereocenters. The fraction of sp³-hybridized carbons (Fsp3) is 0.0909. The first kappa shape index (κ1) is 8.96. The Kier molecular flexibility index (Phi) is 2.07. The summed E-state index contributed by atoms with van der Waals surface area (Å²) in [5, 5.41) is 7.35. The molecule has 0 amide bonds. The highest BCUT2D eigenvalue weighted by atomic mass is 16.3. The molecule has 1 N–H and O–H groups in total. The lowest BCUT2D eigenvalue weighted by Gasteiger charge is -2.04. The maximum absolute atomic E-state index is 5.24. The predicted octanol–water partition coefficient (Wildman–Crippen LogP) is 1.93. The van der Waals surface area contributed by atoms with E-state index in [2.05, 4.69) is 15.4 Å². The number of nitrogens with one attached hydrogen (secondary N) is 1. The fourth-order valence-corrected chi connectivity index (χ4v) is 1.58. The van der Waals surface area contributed by atoms with Crippen LogP contribution in [-0.4, -0.2) is 14.6 Å². The smallest absolute Gasteiger partial charge is 0.152 e. The molecule has 5 heteroatoms. The van der Waals surface area contributed by atoms with Crippen molar-refractivity contribution in [1.29, 1.82) is 0 Å². The minimum atomic E-state index is 0.616. The van der Waals surface area contributed by atoms with Gasteiger partial charge in [0.05, 0.1) is 19.0 Å². The minimum absolute atomic E-state index is 0.616. The number of rotatable bonds is 3. The summed E-state index contributed by atoms with van der Waals surface area (Å²) in [5.41, 5.74) is 0.953. The maximum Gasteiger partial charge on any atom is 0.152 e. The number of hydrogen-bond donors (Lipinski definition) is 1. The average Bonchev–Trinajstić information content (AvgIpc) is 2.97. The van der Waals surface area contributed by atoms with E-state index in [1.54, 1.807) is 23.2 Å². The molecular weight excluding hydrogens is 204 g/mol. The topological polar surface area (TPSA) is 55.4 Å². The van der Waals surface area contributed by atoms with Gasteiger partial charge in [-0.15, -0.1) is 0 Å². The zero-order chi connectivity index (χ0) is 10.8. The van der Waals surface area contributed by atoms with E-state index < -0.39 is 0 Å². The van der Waals surface area contributed by atoms with Crippen molar-refractivity contribution in [1.82, 2.24) is 14.6 Å². The molecule has 3 aromatic rings. The Morgan fingerprint density at radius 2 is 2.31 bits per heavy atom. The molecule has 80 valence electrons. The van der Waals surface area contributed by atoms with Crippen LogP contribution in [0.5, 0.6) is 0 Å². The van der Waals surface area contributed by atoms with Crippen molar-refractivity contribution in [2.75, 3.05) is 5.32 Å². The second kappa shape index (κ2) is 3.69. The van der Waals surface area contributed by atoms with Crippen LogP contribution in [0, 0.1) is 0 Å². The normalized spacial score (nSPS) is 10.8. The Hall–Kier alpha value is -2.30. The van der Waals surface area contributed by atoms with Gasteiger partial charge in [-0.1, -0.05) is 0 Å². The van der Waals surface area contributed by atoms with Crippen molar-refractivity contribution in [2.45, 2.75) is 6.54 Å². The molecule has 0 unspecified atom stereocenters. The van der Waals surface area contributed by atoms with Crippen molar-refractivity contribution in [3.63, 3.8) is 0 Å². The van der Waals surface area contributed by atoms with Gasteiger partial charge in [0.2, 0.25) is 0 Å². The number of fused-ring (bicyclic) bond motifs is 1. The third-order valence-corrected chi connectivity index (χ3v) is 2.33. The molecule has 0 aliphatic rings. The second-order valence-corrected chi connectivity index (χ2v) is 3.37. The summed E-state index contributed by atoms with van der Waals surface area (Å²) in [4.78, 5) is 4.26. The highest BCUT2D eigenvalue weighted by Crippen LogP contribution is 2.13. The van der Waals surface area contributed by atoms with Crippen molar-refractivity contribution in [3.8, 4) is 0 Å². The van der Waals surface area contributed by atoms with Gasteiger partial charge in [0.15, 0.2) is 5.82 Å². The summed E-state index contributed by atoms with van der Waals surface area (Å²) < 4.78 is 7.01. The van der Waals surface area contributed by atoms with Crippen LogP contribution in [0.4, 0.5) is 5.82 Å². The molecule has 0 aromatic carbocycles. The molecule has 0 spiro atoms. The number of furan rings is 1. The molecule has 0 bridgehead atoms. The molecule has 0 fully saturated rings. The summed E-state index contributed by atoms with van der Waals surface area (Å²) in [6.45, 7) is 0.616. The van der Waals surface area contributed by atoms with Crippen LogP contribution >= 0.6 is 0 Å². The fourth-order valence-electron chi connectivity index (χ4n) is 1.58. The molecule has 0 radical (unpaired) electrons. The monoisotopic (exact) mass is 214 g/mol. The summed E-state index contributed by atoms with van der Waals surface area (Å²) in [5.74, 6) is 1.68. The summed E-state index contributed by atoms with van der Waals surface area (Å²) in [6, 6.07) is 5.70. The van der Waals surface area contributed by atoms with Crippen LogP contribution in [0.1, 0.15) is 5.76 Å². The highest BCUT2D eigenvalue weighted by Gasteiger charge is 2.03. The lowest BCUT2D eigenvalue weighted by atomic mass is 10.4. The van der Waals surface area contributed by atoms with Crippen LogP contribution < -0.4 is 5.32 Å². The molecule has 0 aliphatic carbocycles. The van der Waals surface area contributed by atoms with E-state index >= 15 is 0 Å². The van der Waals surface area contributed by atoms with Gasteiger partial charge in [-0.25, -0.2) is 9.50 Å². The van der Waals surface area contributed by atoms with Gasteiger partial charge in [0, 0.05) is 12.4 Å². The largest absolute Gasteiger partial charge is 0.467 e. The van der Waals surface area contributed by atoms with Crippen molar-refractivity contribution >= 4 is 11.3 Å². The highest BCUT2D eigenvalue weighted by molar-refractivity contribution is 5.66. The number of hydrogen-bond acceptors (Lipinski definition) is 4. The van der Waals surface area contributed by atoms with Crippen LogP contribution in [0.25, 0.3) is 5.52 Å². The van der Waals surface area contributed by atoms with Crippen LogP contribution in [-0.2, 0) is 6.54 Å². The summed E-state index contributed by atoms with van der Waals surface area (Å²) >= 11 is 0. The van der Waals surface area contributed by atoms with E-state index in [-0.39, 0.29) is 0 Å². The molecule has 0 saturated carbocycles. The molecule has 3 rings (SSSR count). The molecule has 0 aliphatic heterocycles. The summed E-state index contributed by atoms with van der Waals surface area (Å²) in [7, 11) is 0.